The second kappa shape index (κ2) is 5.05. The summed E-state index contributed by atoms with van der Waals surface area (Å²) < 4.78 is 5.17. The van der Waals surface area contributed by atoms with Crippen molar-refractivity contribution in [2.45, 2.75) is 0 Å². The molecular formula is C17H12O3. The van der Waals surface area contributed by atoms with Crippen LogP contribution in [-0.4, -0.2) is 10.9 Å². The van der Waals surface area contributed by atoms with E-state index in [9.17, 15) is 9.90 Å². The minimum Gasteiger partial charge on any atom is -0.507 e. The van der Waals surface area contributed by atoms with Gasteiger partial charge in [-0.05, 0) is 23.8 Å². The van der Waals surface area contributed by atoms with Crippen LogP contribution in [0.2, 0.25) is 0 Å². The molecule has 20 heavy (non-hydrogen) atoms. The van der Waals surface area contributed by atoms with Gasteiger partial charge < -0.3 is 9.52 Å². The lowest BCUT2D eigenvalue weighted by atomic mass is 10.1. The van der Waals surface area contributed by atoms with E-state index in [0.717, 1.165) is 10.9 Å². The molecule has 1 N–H and O–H groups in total. The molecule has 0 atom stereocenters. The van der Waals surface area contributed by atoms with E-state index in [4.69, 9.17) is 4.42 Å². The Morgan fingerprint density at radius 2 is 1.90 bits per heavy atom. The van der Waals surface area contributed by atoms with Crippen LogP contribution in [0.1, 0.15) is 15.9 Å². The fraction of sp³-hybridized carbons (Fsp3) is 0. The number of fused-ring (bicyclic) bond motifs is 1. The highest BCUT2D eigenvalue weighted by Crippen LogP contribution is 2.26. The molecule has 3 aromatic rings. The van der Waals surface area contributed by atoms with Crippen molar-refractivity contribution in [1.82, 2.24) is 0 Å². The Hall–Kier alpha value is -2.81. The van der Waals surface area contributed by atoms with Crippen molar-refractivity contribution in [3.05, 3.63) is 72.0 Å². The topological polar surface area (TPSA) is 50.4 Å². The van der Waals surface area contributed by atoms with E-state index < -0.39 is 0 Å². The SMILES string of the molecule is O=C(/C=C/c1ccccc1)c1cc2ccoc2cc1O. The molecule has 3 nitrogen and oxygen atoms in total. The molecule has 0 aliphatic carbocycles. The third-order valence-electron chi connectivity index (χ3n) is 3.06. The average molecular weight is 264 g/mol. The predicted molar refractivity (Wildman–Crippen MR) is 77.7 cm³/mol. The number of ketones is 1. The van der Waals surface area contributed by atoms with E-state index in [1.165, 1.54) is 18.4 Å². The maximum Gasteiger partial charge on any atom is 0.189 e. The number of furan rings is 1. The molecule has 0 fully saturated rings. The molecule has 3 rings (SSSR count). The molecule has 0 spiro atoms. The first-order chi connectivity index (χ1) is 9.74. The molecule has 2 aromatic carbocycles. The smallest absolute Gasteiger partial charge is 0.189 e. The molecule has 0 saturated heterocycles. The predicted octanol–water partition coefficient (Wildman–Crippen LogP) is 4.03. The Bertz CT molecular complexity index is 782. The summed E-state index contributed by atoms with van der Waals surface area (Å²) >= 11 is 0. The van der Waals surface area contributed by atoms with Gasteiger partial charge in [-0.1, -0.05) is 36.4 Å². The van der Waals surface area contributed by atoms with Crippen LogP contribution in [-0.2, 0) is 0 Å². The molecule has 0 radical (unpaired) electrons. The standard InChI is InChI=1S/C17H12O3/c18-15(7-6-12-4-2-1-3-5-12)14-10-13-8-9-20-17(13)11-16(14)19/h1-11,19H/b7-6+. The van der Waals surface area contributed by atoms with Crippen LogP contribution < -0.4 is 0 Å². The van der Waals surface area contributed by atoms with Crippen LogP contribution in [0.3, 0.4) is 0 Å². The van der Waals surface area contributed by atoms with Crippen LogP contribution in [0.4, 0.5) is 0 Å². The highest BCUT2D eigenvalue weighted by atomic mass is 16.3. The van der Waals surface area contributed by atoms with Gasteiger partial charge in [0.15, 0.2) is 5.78 Å². The van der Waals surface area contributed by atoms with Crippen molar-refractivity contribution in [3.8, 4) is 5.75 Å². The molecular weight excluding hydrogens is 252 g/mol. The van der Waals surface area contributed by atoms with Crippen molar-refractivity contribution >= 4 is 22.8 Å². The summed E-state index contributed by atoms with van der Waals surface area (Å²) in [6.45, 7) is 0. The fourth-order valence-electron chi connectivity index (χ4n) is 2.02. The Morgan fingerprint density at radius 3 is 2.70 bits per heavy atom. The molecule has 0 aliphatic heterocycles. The second-order valence-electron chi connectivity index (χ2n) is 4.44. The highest BCUT2D eigenvalue weighted by molar-refractivity contribution is 6.10. The van der Waals surface area contributed by atoms with E-state index in [1.54, 1.807) is 18.2 Å². The molecule has 0 unspecified atom stereocenters. The number of aromatic hydroxyl groups is 1. The lowest BCUT2D eigenvalue weighted by molar-refractivity contribution is 0.104. The van der Waals surface area contributed by atoms with Gasteiger partial charge in [0.1, 0.15) is 11.3 Å². The minimum absolute atomic E-state index is 0.0739. The van der Waals surface area contributed by atoms with Gasteiger partial charge in [0.05, 0.1) is 11.8 Å². The number of hydrogen-bond donors (Lipinski definition) is 1. The van der Waals surface area contributed by atoms with Crippen molar-refractivity contribution in [2.24, 2.45) is 0 Å². The zero-order valence-corrected chi connectivity index (χ0v) is 10.6. The van der Waals surface area contributed by atoms with Gasteiger partial charge in [0.2, 0.25) is 0 Å². The monoisotopic (exact) mass is 264 g/mol. The lowest BCUT2D eigenvalue weighted by Gasteiger charge is -2.00. The van der Waals surface area contributed by atoms with E-state index in [-0.39, 0.29) is 17.1 Å². The van der Waals surface area contributed by atoms with Crippen molar-refractivity contribution < 1.29 is 14.3 Å². The number of carbonyl (C=O) groups is 1. The molecule has 0 saturated carbocycles. The van der Waals surface area contributed by atoms with E-state index >= 15 is 0 Å². The minimum atomic E-state index is -0.241. The van der Waals surface area contributed by atoms with Crippen molar-refractivity contribution in [3.63, 3.8) is 0 Å². The molecule has 1 heterocycles. The number of phenols is 1. The summed E-state index contributed by atoms with van der Waals surface area (Å²) in [7, 11) is 0. The molecule has 1 aromatic heterocycles. The molecule has 98 valence electrons. The summed E-state index contributed by atoms with van der Waals surface area (Å²) in [6.07, 6.45) is 4.70. The summed E-state index contributed by atoms with van der Waals surface area (Å²) in [5.41, 5.74) is 1.77. The number of allylic oxidation sites excluding steroid dienone is 1. The first kappa shape index (κ1) is 12.2. The molecule has 0 bridgehead atoms. The average Bonchev–Trinajstić information content (AvgIpc) is 2.92. The first-order valence-corrected chi connectivity index (χ1v) is 6.22. The van der Waals surface area contributed by atoms with Crippen LogP contribution in [0.15, 0.2) is 65.3 Å². The van der Waals surface area contributed by atoms with Crippen molar-refractivity contribution in [2.75, 3.05) is 0 Å². The van der Waals surface area contributed by atoms with Crippen LogP contribution in [0.5, 0.6) is 5.75 Å². The summed E-state index contributed by atoms with van der Waals surface area (Å²) in [5, 5.41) is 10.7. The molecule has 0 amide bonds. The van der Waals surface area contributed by atoms with E-state index in [2.05, 4.69) is 0 Å². The van der Waals surface area contributed by atoms with Gasteiger partial charge in [0, 0.05) is 11.5 Å². The van der Waals surface area contributed by atoms with Gasteiger partial charge in [-0.2, -0.15) is 0 Å². The number of benzene rings is 2. The van der Waals surface area contributed by atoms with Gasteiger partial charge in [-0.3, -0.25) is 4.79 Å². The Labute approximate surface area is 115 Å². The quantitative estimate of drug-likeness (QED) is 0.574. The zero-order valence-electron chi connectivity index (χ0n) is 10.6. The normalized spacial score (nSPS) is 11.2. The van der Waals surface area contributed by atoms with Crippen LogP contribution in [0.25, 0.3) is 17.0 Å². The number of phenolic OH excluding ortho intramolecular Hbond substituents is 1. The van der Waals surface area contributed by atoms with Gasteiger partial charge in [-0.25, -0.2) is 0 Å². The number of rotatable bonds is 3. The van der Waals surface area contributed by atoms with Gasteiger partial charge in [-0.15, -0.1) is 0 Å². The third kappa shape index (κ3) is 2.34. The van der Waals surface area contributed by atoms with Crippen LogP contribution in [0, 0.1) is 0 Å². The fourth-order valence-corrected chi connectivity index (χ4v) is 2.02. The maximum absolute atomic E-state index is 12.1. The first-order valence-electron chi connectivity index (χ1n) is 6.22. The largest absolute Gasteiger partial charge is 0.507 e. The summed E-state index contributed by atoms with van der Waals surface area (Å²) in [4.78, 5) is 12.1. The number of carbonyl (C=O) groups excluding carboxylic acids is 1. The summed E-state index contributed by atoms with van der Waals surface area (Å²) in [5.74, 6) is -0.315. The zero-order chi connectivity index (χ0) is 13.9. The summed E-state index contributed by atoms with van der Waals surface area (Å²) in [6, 6.07) is 14.4. The van der Waals surface area contributed by atoms with Gasteiger partial charge >= 0.3 is 0 Å². The third-order valence-corrected chi connectivity index (χ3v) is 3.06. The van der Waals surface area contributed by atoms with Crippen LogP contribution >= 0.6 is 0 Å². The Balaban J connectivity index is 1.92. The highest BCUT2D eigenvalue weighted by Gasteiger charge is 2.11. The van der Waals surface area contributed by atoms with Crippen molar-refractivity contribution in [1.29, 1.82) is 0 Å². The molecule has 0 aliphatic rings. The lowest BCUT2D eigenvalue weighted by Crippen LogP contribution is -1.94. The Kier molecular flexibility index (Phi) is 3.09. The number of hydrogen-bond acceptors (Lipinski definition) is 3. The van der Waals surface area contributed by atoms with E-state index in [1.807, 2.05) is 30.3 Å². The molecule has 3 heteroatoms. The van der Waals surface area contributed by atoms with Gasteiger partial charge in [0.25, 0.3) is 0 Å². The Morgan fingerprint density at radius 1 is 1.10 bits per heavy atom. The second-order valence-corrected chi connectivity index (χ2v) is 4.44. The maximum atomic E-state index is 12.1. The van der Waals surface area contributed by atoms with E-state index in [0.29, 0.717) is 5.58 Å².